The molecule has 4 rings (SSSR count). The van der Waals surface area contributed by atoms with E-state index in [0.29, 0.717) is 22.0 Å². The highest BCUT2D eigenvalue weighted by Crippen LogP contribution is 2.31. The van der Waals surface area contributed by atoms with E-state index in [1.807, 2.05) is 12.1 Å². The Balaban J connectivity index is 1.71. The molecule has 1 aliphatic rings. The van der Waals surface area contributed by atoms with Gasteiger partial charge in [0, 0.05) is 17.6 Å². The second-order valence-corrected chi connectivity index (χ2v) is 12.5. The molecule has 1 N–H and O–H groups in total. The number of hydrogen-bond donors (Lipinski definition) is 1. The Morgan fingerprint density at radius 2 is 1.71 bits per heavy atom. The molecule has 8 nitrogen and oxygen atoms in total. The Bertz CT molecular complexity index is 1480. The van der Waals surface area contributed by atoms with Crippen LogP contribution < -0.4 is 14.4 Å². The van der Waals surface area contributed by atoms with Gasteiger partial charge in [-0.25, -0.2) is 8.42 Å². The third-order valence-electron chi connectivity index (χ3n) is 7.47. The first kappa shape index (κ1) is 30.4. The van der Waals surface area contributed by atoms with Crippen molar-refractivity contribution in [1.29, 1.82) is 0 Å². The molecular formula is C31H36ClN3O5S. The molecule has 0 aromatic heterocycles. The molecule has 0 spiro atoms. The SMILES string of the molecule is COc1cccc(CN(C(=O)CN(c2cccc(Cl)c2C)S(=O)(=O)c2ccccc2)C(C)C(=O)NC2CCCC2)c1. The average Bonchev–Trinajstić information content (AvgIpc) is 3.49. The van der Waals surface area contributed by atoms with Crippen LogP contribution in [0, 0.1) is 6.92 Å². The van der Waals surface area contributed by atoms with Gasteiger partial charge in [0.05, 0.1) is 17.7 Å². The van der Waals surface area contributed by atoms with Crippen LogP contribution in [-0.2, 0) is 26.2 Å². The van der Waals surface area contributed by atoms with Crippen molar-refractivity contribution in [3.8, 4) is 5.75 Å². The van der Waals surface area contributed by atoms with E-state index in [-0.39, 0.29) is 23.4 Å². The number of anilines is 1. The number of benzene rings is 3. The van der Waals surface area contributed by atoms with E-state index >= 15 is 0 Å². The summed E-state index contributed by atoms with van der Waals surface area (Å²) >= 11 is 6.38. The summed E-state index contributed by atoms with van der Waals surface area (Å²) in [7, 11) is -2.61. The van der Waals surface area contributed by atoms with Gasteiger partial charge in [-0.3, -0.25) is 13.9 Å². The monoisotopic (exact) mass is 597 g/mol. The summed E-state index contributed by atoms with van der Waals surface area (Å²) in [6, 6.07) is 19.3. The number of nitrogens with zero attached hydrogens (tertiary/aromatic N) is 2. The van der Waals surface area contributed by atoms with Crippen LogP contribution >= 0.6 is 11.6 Å². The first-order valence-corrected chi connectivity index (χ1v) is 15.5. The van der Waals surface area contributed by atoms with Gasteiger partial charge >= 0.3 is 0 Å². The van der Waals surface area contributed by atoms with Gasteiger partial charge in [0.25, 0.3) is 10.0 Å². The Morgan fingerprint density at radius 3 is 2.39 bits per heavy atom. The van der Waals surface area contributed by atoms with E-state index in [9.17, 15) is 18.0 Å². The molecule has 0 radical (unpaired) electrons. The number of carbonyl (C=O) groups excluding carboxylic acids is 2. The summed E-state index contributed by atoms with van der Waals surface area (Å²) in [6.07, 6.45) is 3.91. The lowest BCUT2D eigenvalue weighted by atomic mass is 10.1. The number of rotatable bonds is 11. The van der Waals surface area contributed by atoms with Crippen LogP contribution in [0.3, 0.4) is 0 Å². The van der Waals surface area contributed by atoms with Gasteiger partial charge in [-0.1, -0.05) is 60.8 Å². The molecule has 1 atom stereocenters. The molecule has 1 saturated carbocycles. The zero-order valence-electron chi connectivity index (χ0n) is 23.5. The normalized spacial score (nSPS) is 14.3. The minimum atomic E-state index is -4.16. The van der Waals surface area contributed by atoms with Crippen molar-refractivity contribution in [2.24, 2.45) is 0 Å². The fourth-order valence-electron chi connectivity index (χ4n) is 5.04. The molecule has 2 amide bonds. The fourth-order valence-corrected chi connectivity index (χ4v) is 6.70. The van der Waals surface area contributed by atoms with Crippen molar-refractivity contribution in [1.82, 2.24) is 10.2 Å². The van der Waals surface area contributed by atoms with Crippen LogP contribution in [-0.4, -0.2) is 50.9 Å². The zero-order chi connectivity index (χ0) is 29.6. The molecule has 0 bridgehead atoms. The number of halogens is 1. The topological polar surface area (TPSA) is 96.0 Å². The average molecular weight is 598 g/mol. The van der Waals surface area contributed by atoms with Crippen molar-refractivity contribution >= 4 is 39.1 Å². The lowest BCUT2D eigenvalue weighted by molar-refractivity contribution is -0.139. The third-order valence-corrected chi connectivity index (χ3v) is 9.66. The standard InChI is InChI=1S/C31H36ClN3O5S/c1-22-28(32)17-10-18-29(22)35(41(38,39)27-15-5-4-6-16-27)21-30(36)34(20-24-11-9-14-26(19-24)40-3)23(2)31(37)33-25-12-7-8-13-25/h4-6,9-11,14-19,23,25H,7-8,12-13,20-21H2,1-3H3,(H,33,37). The highest BCUT2D eigenvalue weighted by atomic mass is 35.5. The highest BCUT2D eigenvalue weighted by molar-refractivity contribution is 7.92. The smallest absolute Gasteiger partial charge is 0.264 e. The lowest BCUT2D eigenvalue weighted by Gasteiger charge is -2.33. The van der Waals surface area contributed by atoms with Crippen LogP contribution in [0.25, 0.3) is 0 Å². The summed E-state index contributed by atoms with van der Waals surface area (Å²) in [5.41, 5.74) is 1.56. The number of methoxy groups -OCH3 is 1. The van der Waals surface area contributed by atoms with Crippen molar-refractivity contribution in [2.45, 2.75) is 63.1 Å². The number of amides is 2. The van der Waals surface area contributed by atoms with Gasteiger partial charge in [0.15, 0.2) is 0 Å². The molecule has 1 unspecified atom stereocenters. The van der Waals surface area contributed by atoms with E-state index in [0.717, 1.165) is 35.6 Å². The number of hydrogen-bond acceptors (Lipinski definition) is 5. The Labute approximate surface area is 247 Å². The minimum Gasteiger partial charge on any atom is -0.497 e. The summed E-state index contributed by atoms with van der Waals surface area (Å²) in [5, 5.41) is 3.45. The van der Waals surface area contributed by atoms with E-state index in [1.165, 1.54) is 17.0 Å². The maximum absolute atomic E-state index is 14.1. The predicted octanol–water partition coefficient (Wildman–Crippen LogP) is 5.33. The molecule has 1 aliphatic carbocycles. The first-order valence-electron chi connectivity index (χ1n) is 13.7. The molecule has 41 heavy (non-hydrogen) atoms. The maximum Gasteiger partial charge on any atom is 0.264 e. The van der Waals surface area contributed by atoms with E-state index in [1.54, 1.807) is 69.5 Å². The van der Waals surface area contributed by atoms with Crippen LogP contribution in [0.1, 0.15) is 43.7 Å². The number of ether oxygens (including phenoxy) is 1. The molecule has 0 aliphatic heterocycles. The van der Waals surface area contributed by atoms with E-state index in [2.05, 4.69) is 5.32 Å². The van der Waals surface area contributed by atoms with E-state index < -0.39 is 28.5 Å². The van der Waals surface area contributed by atoms with Gasteiger partial charge in [-0.15, -0.1) is 0 Å². The molecule has 1 fully saturated rings. The second kappa shape index (κ2) is 13.4. The molecular weight excluding hydrogens is 562 g/mol. The van der Waals surface area contributed by atoms with Crippen LogP contribution in [0.5, 0.6) is 5.75 Å². The minimum absolute atomic E-state index is 0.0403. The van der Waals surface area contributed by atoms with Gasteiger partial charge in [0.2, 0.25) is 11.8 Å². The molecule has 3 aromatic rings. The van der Waals surface area contributed by atoms with Crippen molar-refractivity contribution in [3.63, 3.8) is 0 Å². The Hall–Kier alpha value is -3.56. The summed E-state index contributed by atoms with van der Waals surface area (Å²) in [4.78, 5) is 28.9. The van der Waals surface area contributed by atoms with Crippen LogP contribution in [0.2, 0.25) is 5.02 Å². The van der Waals surface area contributed by atoms with Crippen LogP contribution in [0.4, 0.5) is 5.69 Å². The van der Waals surface area contributed by atoms with Crippen molar-refractivity contribution in [3.05, 3.63) is 88.9 Å². The van der Waals surface area contributed by atoms with Gasteiger partial charge in [-0.05, 0) is 74.2 Å². The van der Waals surface area contributed by atoms with Gasteiger partial charge < -0.3 is 15.0 Å². The lowest BCUT2D eigenvalue weighted by Crippen LogP contribution is -2.52. The predicted molar refractivity (Wildman–Crippen MR) is 161 cm³/mol. The van der Waals surface area contributed by atoms with Gasteiger partial charge in [-0.2, -0.15) is 0 Å². The highest BCUT2D eigenvalue weighted by Gasteiger charge is 2.34. The number of sulfonamides is 1. The third kappa shape index (κ3) is 7.21. The summed E-state index contributed by atoms with van der Waals surface area (Å²) < 4.78 is 34.3. The molecule has 10 heteroatoms. The quantitative estimate of drug-likeness (QED) is 0.322. The van der Waals surface area contributed by atoms with Crippen LogP contribution in [0.15, 0.2) is 77.7 Å². The maximum atomic E-state index is 14.1. The number of carbonyl (C=O) groups is 2. The molecule has 3 aromatic carbocycles. The molecule has 218 valence electrons. The number of nitrogens with one attached hydrogen (secondary N) is 1. The Morgan fingerprint density at radius 1 is 1.02 bits per heavy atom. The molecule has 0 saturated heterocycles. The fraction of sp³-hybridized carbons (Fsp3) is 0.355. The zero-order valence-corrected chi connectivity index (χ0v) is 25.1. The Kier molecular flexibility index (Phi) is 9.94. The summed E-state index contributed by atoms with van der Waals surface area (Å²) in [5.74, 6) is -0.189. The van der Waals surface area contributed by atoms with Gasteiger partial charge in [0.1, 0.15) is 18.3 Å². The largest absolute Gasteiger partial charge is 0.497 e. The van der Waals surface area contributed by atoms with E-state index in [4.69, 9.17) is 16.3 Å². The first-order chi connectivity index (χ1) is 19.6. The second-order valence-electron chi connectivity index (χ2n) is 10.2. The van der Waals surface area contributed by atoms with Crippen molar-refractivity contribution in [2.75, 3.05) is 18.0 Å². The molecule has 0 heterocycles. The van der Waals surface area contributed by atoms with Crippen molar-refractivity contribution < 1.29 is 22.7 Å². The summed E-state index contributed by atoms with van der Waals surface area (Å²) in [6.45, 7) is 2.94.